The van der Waals surface area contributed by atoms with E-state index in [1.165, 1.54) is 0 Å². The normalized spacial score (nSPS) is 18.0. The van der Waals surface area contributed by atoms with Crippen molar-refractivity contribution < 1.29 is 9.53 Å². The summed E-state index contributed by atoms with van der Waals surface area (Å²) in [5.41, 5.74) is 0.591. The molecule has 4 nitrogen and oxygen atoms in total. The number of rotatable bonds is 2. The molecule has 82 valence electrons. The first-order valence-electron chi connectivity index (χ1n) is 4.70. The van der Waals surface area contributed by atoms with Gasteiger partial charge in [-0.1, -0.05) is 0 Å². The molecule has 1 saturated heterocycles. The van der Waals surface area contributed by atoms with Gasteiger partial charge in [0, 0.05) is 13.2 Å². The van der Waals surface area contributed by atoms with Crippen molar-refractivity contribution in [2.24, 2.45) is 0 Å². The molecule has 2 rings (SSSR count). The highest BCUT2D eigenvalue weighted by molar-refractivity contribution is 9.13. The van der Waals surface area contributed by atoms with E-state index >= 15 is 0 Å². The molecule has 1 aromatic rings. The Balaban J connectivity index is 2.33. The molecule has 1 aromatic heterocycles. The second kappa shape index (κ2) is 4.76. The van der Waals surface area contributed by atoms with Crippen molar-refractivity contribution in [3.8, 4) is 0 Å². The highest BCUT2D eigenvalue weighted by Crippen LogP contribution is 2.30. The molecule has 15 heavy (non-hydrogen) atoms. The lowest BCUT2D eigenvalue weighted by molar-refractivity contribution is 0.0651. The van der Waals surface area contributed by atoms with Gasteiger partial charge in [0.2, 0.25) is 0 Å². The maximum atomic E-state index is 11.0. The lowest BCUT2D eigenvalue weighted by atomic mass is 10.1. The third-order valence-electron chi connectivity index (χ3n) is 2.50. The maximum absolute atomic E-state index is 11.0. The van der Waals surface area contributed by atoms with E-state index in [2.05, 4.69) is 37.0 Å². The Morgan fingerprint density at radius 3 is 2.67 bits per heavy atom. The van der Waals surface area contributed by atoms with Crippen molar-refractivity contribution in [1.82, 2.24) is 9.78 Å². The van der Waals surface area contributed by atoms with Crippen LogP contribution in [0.15, 0.2) is 9.08 Å². The third kappa shape index (κ3) is 2.16. The van der Waals surface area contributed by atoms with Crippen molar-refractivity contribution in [1.29, 1.82) is 0 Å². The van der Waals surface area contributed by atoms with Crippen LogP contribution < -0.4 is 0 Å². The first-order valence-corrected chi connectivity index (χ1v) is 6.29. The molecule has 0 N–H and O–H groups in total. The van der Waals surface area contributed by atoms with Gasteiger partial charge in [-0.15, -0.1) is 0 Å². The summed E-state index contributed by atoms with van der Waals surface area (Å²) in [5, 5.41) is 4.30. The van der Waals surface area contributed by atoms with E-state index in [-0.39, 0.29) is 6.04 Å². The Morgan fingerprint density at radius 2 is 2.07 bits per heavy atom. The summed E-state index contributed by atoms with van der Waals surface area (Å²) >= 11 is 6.64. The molecular formula is C9H10Br2N2O2. The smallest absolute Gasteiger partial charge is 0.169 e. The van der Waals surface area contributed by atoms with Crippen LogP contribution in [0.1, 0.15) is 29.4 Å². The Morgan fingerprint density at radius 1 is 1.40 bits per heavy atom. The molecule has 0 spiro atoms. The molecular weight excluding hydrogens is 328 g/mol. The Hall–Kier alpha value is -0.200. The number of carbonyl (C=O) groups excluding carboxylic acids is 1. The summed E-state index contributed by atoms with van der Waals surface area (Å²) in [4.78, 5) is 11.0. The van der Waals surface area contributed by atoms with Crippen molar-refractivity contribution in [3.63, 3.8) is 0 Å². The molecule has 1 aliphatic heterocycles. The van der Waals surface area contributed by atoms with E-state index in [1.807, 2.05) is 0 Å². The molecule has 2 heterocycles. The van der Waals surface area contributed by atoms with E-state index in [4.69, 9.17) is 4.74 Å². The number of hydrogen-bond acceptors (Lipinski definition) is 3. The number of ether oxygens (including phenoxy) is 1. The number of aldehydes is 1. The number of aromatic nitrogens is 2. The molecule has 1 aliphatic rings. The zero-order valence-corrected chi connectivity index (χ0v) is 11.1. The first kappa shape index (κ1) is 11.3. The minimum Gasteiger partial charge on any atom is -0.381 e. The molecule has 0 saturated carbocycles. The van der Waals surface area contributed by atoms with Gasteiger partial charge in [-0.25, -0.2) is 0 Å². The van der Waals surface area contributed by atoms with Gasteiger partial charge in [-0.2, -0.15) is 5.10 Å². The fraction of sp³-hybridized carbons (Fsp3) is 0.556. The Kier molecular flexibility index (Phi) is 3.58. The summed E-state index contributed by atoms with van der Waals surface area (Å²) in [7, 11) is 0. The Labute approximate surface area is 104 Å². The van der Waals surface area contributed by atoms with Gasteiger partial charge in [-0.05, 0) is 44.7 Å². The van der Waals surface area contributed by atoms with Gasteiger partial charge >= 0.3 is 0 Å². The molecule has 1 fully saturated rings. The molecule has 0 radical (unpaired) electrons. The summed E-state index contributed by atoms with van der Waals surface area (Å²) in [6, 6.07) is 0.265. The summed E-state index contributed by atoms with van der Waals surface area (Å²) < 4.78 is 8.46. The van der Waals surface area contributed by atoms with E-state index in [9.17, 15) is 4.79 Å². The van der Waals surface area contributed by atoms with Crippen LogP contribution in [0.2, 0.25) is 0 Å². The second-order valence-corrected chi connectivity index (χ2v) is 4.94. The van der Waals surface area contributed by atoms with Crippen LogP contribution >= 0.6 is 31.9 Å². The summed E-state index contributed by atoms with van der Waals surface area (Å²) in [6.07, 6.45) is 2.64. The average molecular weight is 338 g/mol. The predicted molar refractivity (Wildman–Crippen MR) is 62.1 cm³/mol. The number of hydrogen-bond donors (Lipinski definition) is 0. The first-order chi connectivity index (χ1) is 7.24. The third-order valence-corrected chi connectivity index (χ3v) is 4.37. The predicted octanol–water partition coefficient (Wildman–Crippen LogP) is 2.57. The topological polar surface area (TPSA) is 44.1 Å². The minimum absolute atomic E-state index is 0.265. The number of nitrogens with zero attached hydrogens (tertiary/aromatic N) is 2. The zero-order chi connectivity index (χ0) is 10.8. The molecule has 0 unspecified atom stereocenters. The van der Waals surface area contributed by atoms with E-state index in [0.29, 0.717) is 10.3 Å². The number of halogens is 2. The standard InChI is InChI=1S/C9H10Br2N2O2/c10-8-7(5-14)13(12-9(8)11)6-1-3-15-4-2-6/h5-6H,1-4H2. The molecule has 6 heteroatoms. The van der Waals surface area contributed by atoms with Crippen LogP contribution in [0.4, 0.5) is 0 Å². The highest BCUT2D eigenvalue weighted by Gasteiger charge is 2.22. The molecule has 0 aromatic carbocycles. The van der Waals surface area contributed by atoms with Crippen molar-refractivity contribution in [2.75, 3.05) is 13.2 Å². The van der Waals surface area contributed by atoms with Gasteiger partial charge in [0.25, 0.3) is 0 Å². The van der Waals surface area contributed by atoms with Gasteiger partial charge in [0.1, 0.15) is 10.3 Å². The maximum Gasteiger partial charge on any atom is 0.169 e. The van der Waals surface area contributed by atoms with Gasteiger partial charge < -0.3 is 4.74 Å². The fourth-order valence-corrected chi connectivity index (χ4v) is 2.44. The zero-order valence-electron chi connectivity index (χ0n) is 7.95. The lowest BCUT2D eigenvalue weighted by Gasteiger charge is -2.23. The lowest BCUT2D eigenvalue weighted by Crippen LogP contribution is -2.22. The van der Waals surface area contributed by atoms with Crippen LogP contribution in [0, 0.1) is 0 Å². The number of carbonyl (C=O) groups is 1. The van der Waals surface area contributed by atoms with Crippen LogP contribution in [0.25, 0.3) is 0 Å². The Bertz CT molecular complexity index is 372. The van der Waals surface area contributed by atoms with E-state index in [0.717, 1.165) is 36.8 Å². The van der Waals surface area contributed by atoms with Gasteiger partial charge in [0.05, 0.1) is 10.5 Å². The van der Waals surface area contributed by atoms with E-state index in [1.54, 1.807) is 4.68 Å². The van der Waals surface area contributed by atoms with Crippen LogP contribution in [-0.4, -0.2) is 29.3 Å². The molecule has 0 aliphatic carbocycles. The average Bonchev–Trinajstić information content (AvgIpc) is 2.56. The van der Waals surface area contributed by atoms with Crippen molar-refractivity contribution in [2.45, 2.75) is 18.9 Å². The van der Waals surface area contributed by atoms with Crippen LogP contribution in [0.5, 0.6) is 0 Å². The molecule has 0 amide bonds. The monoisotopic (exact) mass is 336 g/mol. The largest absolute Gasteiger partial charge is 0.381 e. The quantitative estimate of drug-likeness (QED) is 0.779. The van der Waals surface area contributed by atoms with E-state index < -0.39 is 0 Å². The molecule has 0 atom stereocenters. The minimum atomic E-state index is 0.265. The van der Waals surface area contributed by atoms with Crippen LogP contribution in [0.3, 0.4) is 0 Å². The van der Waals surface area contributed by atoms with Crippen molar-refractivity contribution >= 4 is 38.1 Å². The van der Waals surface area contributed by atoms with Gasteiger partial charge in [-0.3, -0.25) is 9.48 Å². The summed E-state index contributed by atoms with van der Waals surface area (Å²) in [5.74, 6) is 0. The van der Waals surface area contributed by atoms with Crippen LogP contribution in [-0.2, 0) is 4.74 Å². The fourth-order valence-electron chi connectivity index (χ4n) is 1.71. The van der Waals surface area contributed by atoms with Crippen molar-refractivity contribution in [3.05, 3.63) is 14.8 Å². The van der Waals surface area contributed by atoms with Gasteiger partial charge in [0.15, 0.2) is 6.29 Å². The SMILES string of the molecule is O=Cc1c(Br)c(Br)nn1C1CCOCC1. The summed E-state index contributed by atoms with van der Waals surface area (Å²) in [6.45, 7) is 1.47. The molecule has 0 bridgehead atoms. The highest BCUT2D eigenvalue weighted by atomic mass is 79.9. The second-order valence-electron chi connectivity index (χ2n) is 3.40.